The largest absolute Gasteiger partial charge is 0.491 e. The second-order valence-corrected chi connectivity index (χ2v) is 5.94. The fourth-order valence-electron chi connectivity index (χ4n) is 2.64. The van der Waals surface area contributed by atoms with Crippen LogP contribution < -0.4 is 10.1 Å². The third-order valence-corrected chi connectivity index (χ3v) is 4.09. The number of aromatic nitrogens is 2. The number of hydrogen-bond donors (Lipinski definition) is 2. The van der Waals surface area contributed by atoms with Crippen LogP contribution in [0.1, 0.15) is 11.4 Å². The standard InChI is InChI=1S/C18H20ClN3O2/c1-22-16-7-6-14(19)10-15(16)21-18(22)12-20-11-13-4-2-3-5-17(13)24-9-8-23/h2-7,10,20,23H,8-9,11-12H2,1H3. The van der Waals surface area contributed by atoms with Crippen molar-refractivity contribution in [2.45, 2.75) is 13.1 Å². The number of ether oxygens (including phenoxy) is 1. The summed E-state index contributed by atoms with van der Waals surface area (Å²) in [5, 5.41) is 13.0. The van der Waals surface area contributed by atoms with Gasteiger partial charge in [0.25, 0.3) is 0 Å². The molecule has 0 unspecified atom stereocenters. The van der Waals surface area contributed by atoms with Crippen LogP contribution in [0.4, 0.5) is 0 Å². The van der Waals surface area contributed by atoms with E-state index in [1.807, 2.05) is 49.5 Å². The van der Waals surface area contributed by atoms with Gasteiger partial charge in [-0.15, -0.1) is 0 Å². The van der Waals surface area contributed by atoms with Crippen molar-refractivity contribution in [3.63, 3.8) is 0 Å². The third kappa shape index (κ3) is 3.70. The van der Waals surface area contributed by atoms with Crippen LogP contribution in [-0.4, -0.2) is 27.9 Å². The predicted octanol–water partition coefficient (Wildman–Crippen LogP) is 2.89. The lowest BCUT2D eigenvalue weighted by molar-refractivity contribution is 0.200. The summed E-state index contributed by atoms with van der Waals surface area (Å²) in [7, 11) is 2.00. The highest BCUT2D eigenvalue weighted by Crippen LogP contribution is 2.20. The molecular weight excluding hydrogens is 326 g/mol. The van der Waals surface area contributed by atoms with E-state index in [0.29, 0.717) is 24.7 Å². The number of fused-ring (bicyclic) bond motifs is 1. The zero-order chi connectivity index (χ0) is 16.9. The van der Waals surface area contributed by atoms with Crippen LogP contribution in [0.5, 0.6) is 5.75 Å². The second-order valence-electron chi connectivity index (χ2n) is 5.50. The van der Waals surface area contributed by atoms with Crippen molar-refractivity contribution in [3.05, 3.63) is 58.9 Å². The van der Waals surface area contributed by atoms with Gasteiger partial charge in [-0.05, 0) is 24.3 Å². The van der Waals surface area contributed by atoms with Crippen molar-refractivity contribution in [2.75, 3.05) is 13.2 Å². The molecule has 0 aliphatic heterocycles. The Morgan fingerprint density at radius 1 is 1.21 bits per heavy atom. The molecule has 6 heteroatoms. The molecule has 1 aromatic heterocycles. The molecule has 0 atom stereocenters. The summed E-state index contributed by atoms with van der Waals surface area (Å²) in [5.41, 5.74) is 3.00. The molecule has 0 saturated heterocycles. The van der Waals surface area contributed by atoms with Gasteiger partial charge < -0.3 is 19.7 Å². The van der Waals surface area contributed by atoms with Gasteiger partial charge in [-0.25, -0.2) is 4.98 Å². The Morgan fingerprint density at radius 3 is 2.88 bits per heavy atom. The number of hydrogen-bond acceptors (Lipinski definition) is 4. The molecule has 0 saturated carbocycles. The number of nitrogens with zero attached hydrogens (tertiary/aromatic N) is 2. The molecule has 0 bridgehead atoms. The molecule has 0 fully saturated rings. The zero-order valence-electron chi connectivity index (χ0n) is 13.5. The minimum atomic E-state index is 0.00415. The summed E-state index contributed by atoms with van der Waals surface area (Å²) in [6.45, 7) is 1.59. The summed E-state index contributed by atoms with van der Waals surface area (Å²) in [6.07, 6.45) is 0. The topological polar surface area (TPSA) is 59.3 Å². The van der Waals surface area contributed by atoms with E-state index in [2.05, 4.69) is 14.9 Å². The predicted molar refractivity (Wildman–Crippen MR) is 95.3 cm³/mol. The minimum Gasteiger partial charge on any atom is -0.491 e. The Balaban J connectivity index is 1.68. The van der Waals surface area contributed by atoms with Crippen molar-refractivity contribution in [3.8, 4) is 5.75 Å². The van der Waals surface area contributed by atoms with E-state index in [4.69, 9.17) is 21.4 Å². The quantitative estimate of drug-likeness (QED) is 0.691. The number of aliphatic hydroxyl groups is 1. The van der Waals surface area contributed by atoms with E-state index in [-0.39, 0.29) is 6.61 Å². The lowest BCUT2D eigenvalue weighted by atomic mass is 10.2. The maximum Gasteiger partial charge on any atom is 0.123 e. The Hall–Kier alpha value is -2.08. The Morgan fingerprint density at radius 2 is 2.04 bits per heavy atom. The fraction of sp³-hybridized carbons (Fsp3) is 0.278. The van der Waals surface area contributed by atoms with Gasteiger partial charge in [-0.2, -0.15) is 0 Å². The first kappa shape index (κ1) is 16.8. The van der Waals surface area contributed by atoms with Crippen molar-refractivity contribution < 1.29 is 9.84 Å². The molecular formula is C18H20ClN3O2. The van der Waals surface area contributed by atoms with E-state index < -0.39 is 0 Å². The van der Waals surface area contributed by atoms with E-state index >= 15 is 0 Å². The van der Waals surface area contributed by atoms with Crippen LogP contribution in [0.3, 0.4) is 0 Å². The molecule has 0 spiro atoms. The highest BCUT2D eigenvalue weighted by Gasteiger charge is 2.08. The molecule has 3 aromatic rings. The number of para-hydroxylation sites is 1. The van der Waals surface area contributed by atoms with Gasteiger partial charge in [0, 0.05) is 24.2 Å². The summed E-state index contributed by atoms with van der Waals surface area (Å²) < 4.78 is 7.61. The summed E-state index contributed by atoms with van der Waals surface area (Å²) in [4.78, 5) is 4.63. The first-order chi connectivity index (χ1) is 11.7. The van der Waals surface area contributed by atoms with Crippen LogP contribution >= 0.6 is 11.6 Å². The fourth-order valence-corrected chi connectivity index (χ4v) is 2.80. The number of aliphatic hydroxyl groups excluding tert-OH is 1. The van der Waals surface area contributed by atoms with E-state index in [0.717, 1.165) is 28.2 Å². The molecule has 0 radical (unpaired) electrons. The average molecular weight is 346 g/mol. The highest BCUT2D eigenvalue weighted by atomic mass is 35.5. The zero-order valence-corrected chi connectivity index (χ0v) is 14.3. The molecule has 0 aliphatic rings. The molecule has 126 valence electrons. The molecule has 2 N–H and O–H groups in total. The number of aryl methyl sites for hydroxylation is 1. The lowest BCUT2D eigenvalue weighted by Gasteiger charge is -2.11. The van der Waals surface area contributed by atoms with Crippen molar-refractivity contribution in [1.82, 2.24) is 14.9 Å². The van der Waals surface area contributed by atoms with Crippen LogP contribution in [0.2, 0.25) is 5.02 Å². The summed E-state index contributed by atoms with van der Waals surface area (Å²) in [5.74, 6) is 1.73. The highest BCUT2D eigenvalue weighted by molar-refractivity contribution is 6.31. The lowest BCUT2D eigenvalue weighted by Crippen LogP contribution is -2.16. The summed E-state index contributed by atoms with van der Waals surface area (Å²) >= 11 is 6.03. The Kier molecular flexibility index (Phi) is 5.35. The number of benzene rings is 2. The summed E-state index contributed by atoms with van der Waals surface area (Å²) in [6, 6.07) is 13.5. The molecule has 2 aromatic carbocycles. The van der Waals surface area contributed by atoms with Gasteiger partial charge in [-0.3, -0.25) is 0 Å². The molecule has 5 nitrogen and oxygen atoms in total. The molecule has 24 heavy (non-hydrogen) atoms. The van der Waals surface area contributed by atoms with Crippen molar-refractivity contribution in [1.29, 1.82) is 0 Å². The molecule has 0 aliphatic carbocycles. The van der Waals surface area contributed by atoms with E-state index in [9.17, 15) is 0 Å². The first-order valence-corrected chi connectivity index (χ1v) is 8.20. The number of rotatable bonds is 7. The number of imidazole rings is 1. The van der Waals surface area contributed by atoms with Gasteiger partial charge in [0.2, 0.25) is 0 Å². The number of nitrogens with one attached hydrogen (secondary N) is 1. The molecule has 1 heterocycles. The van der Waals surface area contributed by atoms with Crippen molar-refractivity contribution >= 4 is 22.6 Å². The van der Waals surface area contributed by atoms with E-state index in [1.54, 1.807) is 0 Å². The first-order valence-electron chi connectivity index (χ1n) is 7.82. The van der Waals surface area contributed by atoms with Gasteiger partial charge in [0.1, 0.15) is 18.2 Å². The molecule has 3 rings (SSSR count). The minimum absolute atomic E-state index is 0.00415. The van der Waals surface area contributed by atoms with Gasteiger partial charge >= 0.3 is 0 Å². The van der Waals surface area contributed by atoms with Crippen LogP contribution in [0.15, 0.2) is 42.5 Å². The van der Waals surface area contributed by atoms with Crippen molar-refractivity contribution in [2.24, 2.45) is 7.05 Å². The monoisotopic (exact) mass is 345 g/mol. The Bertz CT molecular complexity index is 832. The van der Waals surface area contributed by atoms with Crippen LogP contribution in [0, 0.1) is 0 Å². The number of halogens is 1. The smallest absolute Gasteiger partial charge is 0.123 e. The van der Waals surface area contributed by atoms with Gasteiger partial charge in [0.05, 0.1) is 24.2 Å². The molecule has 0 amide bonds. The average Bonchev–Trinajstić information content (AvgIpc) is 2.89. The maximum atomic E-state index is 8.90. The van der Waals surface area contributed by atoms with Crippen LogP contribution in [-0.2, 0) is 20.1 Å². The normalized spacial score (nSPS) is 11.1. The maximum absolute atomic E-state index is 8.90. The van der Waals surface area contributed by atoms with E-state index in [1.165, 1.54) is 0 Å². The van der Waals surface area contributed by atoms with Crippen LogP contribution in [0.25, 0.3) is 11.0 Å². The third-order valence-electron chi connectivity index (χ3n) is 3.86. The van der Waals surface area contributed by atoms with Gasteiger partial charge in [0.15, 0.2) is 0 Å². The Labute approximate surface area is 145 Å². The SMILES string of the molecule is Cn1c(CNCc2ccccc2OCCO)nc2cc(Cl)ccc21. The second kappa shape index (κ2) is 7.66. The van der Waals surface area contributed by atoms with Gasteiger partial charge in [-0.1, -0.05) is 29.8 Å².